The maximum atomic E-state index is 12.0. The molecule has 0 saturated carbocycles. The molecule has 0 atom stereocenters. The van der Waals surface area contributed by atoms with E-state index in [9.17, 15) is 9.59 Å². The normalized spacial score (nSPS) is 11.4. The third-order valence-corrected chi connectivity index (χ3v) is 3.30. The van der Waals surface area contributed by atoms with E-state index in [1.165, 1.54) is 0 Å². The molecule has 0 N–H and O–H groups in total. The van der Waals surface area contributed by atoms with Crippen LogP contribution in [-0.4, -0.2) is 18.5 Å². The van der Waals surface area contributed by atoms with Crippen LogP contribution in [0.4, 0.5) is 0 Å². The Hall–Kier alpha value is -2.21. The quantitative estimate of drug-likeness (QED) is 0.815. The lowest BCUT2D eigenvalue weighted by Crippen LogP contribution is -2.16. The number of hydrogen-bond acceptors (Lipinski definition) is 5. The summed E-state index contributed by atoms with van der Waals surface area (Å²) >= 11 is 0.890. The van der Waals surface area contributed by atoms with E-state index < -0.39 is 11.9 Å². The molecular formula is C14H13NO4S. The summed E-state index contributed by atoms with van der Waals surface area (Å²) in [6.07, 6.45) is 0. The number of ether oxygens (including phenoxy) is 1. The fourth-order valence-corrected chi connectivity index (χ4v) is 2.30. The molecule has 2 rings (SSSR count). The molecule has 0 radical (unpaired) electrons. The lowest BCUT2D eigenvalue weighted by Gasteiger charge is -1.98. The molecule has 0 aliphatic heterocycles. The molecule has 0 saturated heterocycles. The monoisotopic (exact) mass is 291 g/mol. The van der Waals surface area contributed by atoms with E-state index in [-0.39, 0.29) is 16.8 Å². The summed E-state index contributed by atoms with van der Waals surface area (Å²) in [5.74, 6) is -0.559. The number of carbonyl (C=O) groups excluding carboxylic acids is 2. The molecule has 0 bridgehead atoms. The van der Waals surface area contributed by atoms with Crippen LogP contribution in [0.15, 0.2) is 39.2 Å². The molecule has 5 nitrogen and oxygen atoms in total. The van der Waals surface area contributed by atoms with E-state index in [4.69, 9.17) is 8.59 Å². The Kier molecular flexibility index (Phi) is 4.47. The molecule has 0 fully saturated rings. The molecule has 20 heavy (non-hydrogen) atoms. The van der Waals surface area contributed by atoms with Gasteiger partial charge in [0.05, 0.1) is 18.2 Å². The second-order valence-corrected chi connectivity index (χ2v) is 4.63. The third-order valence-electron chi connectivity index (χ3n) is 2.51. The molecule has 0 aliphatic rings. The third kappa shape index (κ3) is 3.03. The Labute approximate surface area is 119 Å². The van der Waals surface area contributed by atoms with Gasteiger partial charge < -0.3 is 8.59 Å². The fourth-order valence-electron chi connectivity index (χ4n) is 1.58. The summed E-state index contributed by atoms with van der Waals surface area (Å²) in [7, 11) is 0. The second kappa shape index (κ2) is 6.29. The molecule has 104 valence electrons. The van der Waals surface area contributed by atoms with Gasteiger partial charge in [0.1, 0.15) is 11.3 Å². The van der Waals surface area contributed by atoms with Crippen molar-refractivity contribution in [2.24, 2.45) is 4.99 Å². The van der Waals surface area contributed by atoms with Gasteiger partial charge in [-0.05, 0) is 26.0 Å². The van der Waals surface area contributed by atoms with E-state index >= 15 is 0 Å². The van der Waals surface area contributed by atoms with Gasteiger partial charge in [0, 0.05) is 5.56 Å². The first-order valence-corrected chi connectivity index (χ1v) is 6.78. The van der Waals surface area contributed by atoms with Crippen LogP contribution in [-0.2, 0) is 4.74 Å². The Morgan fingerprint density at radius 2 is 2.00 bits per heavy atom. The van der Waals surface area contributed by atoms with Crippen molar-refractivity contribution in [1.29, 1.82) is 0 Å². The van der Waals surface area contributed by atoms with E-state index in [1.54, 1.807) is 38.1 Å². The molecule has 0 aliphatic carbocycles. The largest absolute Gasteiger partial charge is 0.462 e. The first kappa shape index (κ1) is 14.2. The highest BCUT2D eigenvalue weighted by atomic mass is 32.1. The lowest BCUT2D eigenvalue weighted by atomic mass is 10.2. The Morgan fingerprint density at radius 3 is 2.65 bits per heavy atom. The molecule has 2 aromatic rings. The molecular weight excluding hydrogens is 278 g/mol. The van der Waals surface area contributed by atoms with Crippen molar-refractivity contribution in [2.75, 3.05) is 6.61 Å². The smallest absolute Gasteiger partial charge is 0.344 e. The number of benzene rings is 1. The highest BCUT2D eigenvalue weighted by Gasteiger charge is 2.18. The van der Waals surface area contributed by atoms with Crippen molar-refractivity contribution in [3.63, 3.8) is 0 Å². The molecule has 6 heteroatoms. The lowest BCUT2D eigenvalue weighted by molar-refractivity contribution is 0.0523. The van der Waals surface area contributed by atoms with Gasteiger partial charge in [0.2, 0.25) is 0 Å². The van der Waals surface area contributed by atoms with Crippen molar-refractivity contribution in [3.8, 4) is 0 Å². The zero-order valence-electron chi connectivity index (χ0n) is 11.1. The SMILES string of the molecule is CCOC(=O)c1c(C)osc1=NC(=O)c1ccccc1. The first-order chi connectivity index (χ1) is 9.63. The van der Waals surface area contributed by atoms with Gasteiger partial charge in [-0.2, -0.15) is 4.99 Å². The molecule has 1 aromatic heterocycles. The number of aryl methyl sites for hydroxylation is 1. The van der Waals surface area contributed by atoms with E-state index in [2.05, 4.69) is 4.99 Å². The van der Waals surface area contributed by atoms with E-state index in [0.29, 0.717) is 11.3 Å². The number of rotatable bonds is 3. The predicted molar refractivity (Wildman–Crippen MR) is 73.6 cm³/mol. The standard InChI is InChI=1S/C14H13NO4S/c1-3-18-14(17)11-9(2)19-20-13(11)15-12(16)10-7-5-4-6-8-10/h4-8H,3H2,1-2H3. The van der Waals surface area contributed by atoms with E-state index in [1.807, 2.05) is 6.07 Å². The van der Waals surface area contributed by atoms with Crippen LogP contribution in [0.25, 0.3) is 0 Å². The maximum absolute atomic E-state index is 12.0. The maximum Gasteiger partial charge on any atom is 0.344 e. The van der Waals surface area contributed by atoms with Crippen LogP contribution >= 0.6 is 11.6 Å². The minimum atomic E-state index is -0.533. The van der Waals surface area contributed by atoms with Gasteiger partial charge >= 0.3 is 5.97 Å². The summed E-state index contributed by atoms with van der Waals surface area (Å²) in [4.78, 5) is 27.8. The average Bonchev–Trinajstić information content (AvgIpc) is 2.81. The van der Waals surface area contributed by atoms with Gasteiger partial charge in [-0.25, -0.2) is 4.79 Å². The van der Waals surface area contributed by atoms with Crippen molar-refractivity contribution < 1.29 is 18.2 Å². The van der Waals surface area contributed by atoms with Gasteiger partial charge in [-0.1, -0.05) is 18.2 Å². The van der Waals surface area contributed by atoms with Crippen LogP contribution in [0.3, 0.4) is 0 Å². The van der Waals surface area contributed by atoms with Gasteiger partial charge in [-0.15, -0.1) is 0 Å². The number of nitrogens with zero attached hydrogens (tertiary/aromatic N) is 1. The summed E-state index contributed by atoms with van der Waals surface area (Å²) in [6.45, 7) is 3.59. The van der Waals surface area contributed by atoms with Gasteiger partial charge in [0.15, 0.2) is 4.67 Å². The molecule has 1 aromatic carbocycles. The average molecular weight is 291 g/mol. The molecule has 0 spiro atoms. The zero-order valence-corrected chi connectivity index (χ0v) is 11.9. The number of amides is 1. The number of carbonyl (C=O) groups is 2. The zero-order chi connectivity index (χ0) is 14.5. The van der Waals surface area contributed by atoms with Crippen molar-refractivity contribution >= 4 is 23.5 Å². The fraction of sp³-hybridized carbons (Fsp3) is 0.214. The number of esters is 1. The topological polar surface area (TPSA) is 68.9 Å². The highest BCUT2D eigenvalue weighted by molar-refractivity contribution is 7.00. The highest BCUT2D eigenvalue weighted by Crippen LogP contribution is 2.10. The van der Waals surface area contributed by atoms with Crippen molar-refractivity contribution in [3.05, 3.63) is 51.9 Å². The summed E-state index contributed by atoms with van der Waals surface area (Å²) in [5.41, 5.74) is 0.662. The summed E-state index contributed by atoms with van der Waals surface area (Å²) in [6, 6.07) is 8.63. The Balaban J connectivity index is 2.41. The van der Waals surface area contributed by atoms with Crippen LogP contribution in [0, 0.1) is 6.92 Å². The van der Waals surface area contributed by atoms with E-state index in [0.717, 1.165) is 11.6 Å². The van der Waals surface area contributed by atoms with Gasteiger partial charge in [-0.3, -0.25) is 4.79 Å². The summed E-state index contributed by atoms with van der Waals surface area (Å²) < 4.78 is 10.4. The van der Waals surface area contributed by atoms with Crippen molar-refractivity contribution in [1.82, 2.24) is 0 Å². The number of hydrogen-bond donors (Lipinski definition) is 0. The second-order valence-electron chi connectivity index (χ2n) is 3.91. The minimum Gasteiger partial charge on any atom is -0.462 e. The van der Waals surface area contributed by atoms with Crippen LogP contribution in [0.5, 0.6) is 0 Å². The van der Waals surface area contributed by atoms with Crippen LogP contribution < -0.4 is 4.67 Å². The Bertz CT molecular complexity index is 685. The minimum absolute atomic E-state index is 0.209. The summed E-state index contributed by atoms with van der Waals surface area (Å²) in [5, 5.41) is 0. The molecule has 1 heterocycles. The van der Waals surface area contributed by atoms with Crippen LogP contribution in [0.2, 0.25) is 0 Å². The molecule has 1 amide bonds. The predicted octanol–water partition coefficient (Wildman–Crippen LogP) is 2.57. The molecule has 0 unspecified atom stereocenters. The van der Waals surface area contributed by atoms with Crippen LogP contribution in [0.1, 0.15) is 33.4 Å². The Morgan fingerprint density at radius 1 is 1.30 bits per heavy atom. The van der Waals surface area contributed by atoms with Crippen molar-refractivity contribution in [2.45, 2.75) is 13.8 Å². The van der Waals surface area contributed by atoms with Gasteiger partial charge in [0.25, 0.3) is 5.91 Å². The first-order valence-electron chi connectivity index (χ1n) is 6.04.